The maximum Gasteiger partial charge on any atom is 0.240 e. The molecule has 0 heterocycles. The number of nitrogens with one attached hydrogen (secondary N) is 1. The molecule has 2 rings (SSSR count). The molecule has 6 heteroatoms. The predicted molar refractivity (Wildman–Crippen MR) is 98.5 cm³/mol. The number of carbonyl (C=O) groups excluding carboxylic acids is 1. The van der Waals surface area contributed by atoms with Gasteiger partial charge in [0.15, 0.2) is 0 Å². The first-order chi connectivity index (χ1) is 11.9. The molecule has 134 valence electrons. The topological polar surface area (TPSA) is 66.5 Å². The van der Waals surface area contributed by atoms with Gasteiger partial charge in [0.25, 0.3) is 0 Å². The van der Waals surface area contributed by atoms with Crippen LogP contribution >= 0.6 is 0 Å². The van der Waals surface area contributed by atoms with Gasteiger partial charge in [-0.1, -0.05) is 49.4 Å². The molecular formula is C19H24N2O3S. The number of carbonyl (C=O) groups is 1. The van der Waals surface area contributed by atoms with E-state index in [1.54, 1.807) is 43.1 Å². The quantitative estimate of drug-likeness (QED) is 0.787. The standard InChI is InChI=1S/C19H24N2O3S/c1-3-20-25(23,24)18-12-9-16(10-13-18)11-14-19(22)21(2)15-17-7-5-4-6-8-17/h4-10,12-13,20H,3,11,14-15H2,1-2H3. The highest BCUT2D eigenvalue weighted by Crippen LogP contribution is 2.13. The molecule has 1 N–H and O–H groups in total. The second kappa shape index (κ2) is 8.78. The molecule has 25 heavy (non-hydrogen) atoms. The molecule has 1 amide bonds. The Morgan fingerprint density at radius 2 is 1.64 bits per heavy atom. The van der Waals surface area contributed by atoms with Gasteiger partial charge in [-0.15, -0.1) is 0 Å². The molecule has 0 unspecified atom stereocenters. The van der Waals surface area contributed by atoms with E-state index in [9.17, 15) is 13.2 Å². The maximum atomic E-state index is 12.3. The molecule has 0 aromatic heterocycles. The zero-order valence-corrected chi connectivity index (χ0v) is 15.4. The van der Waals surface area contributed by atoms with E-state index in [2.05, 4.69) is 4.72 Å². The van der Waals surface area contributed by atoms with E-state index in [-0.39, 0.29) is 10.8 Å². The maximum absolute atomic E-state index is 12.3. The SMILES string of the molecule is CCNS(=O)(=O)c1ccc(CCC(=O)N(C)Cc2ccccc2)cc1. The minimum absolute atomic E-state index is 0.0631. The number of sulfonamides is 1. The molecule has 2 aromatic carbocycles. The van der Waals surface area contributed by atoms with Crippen LogP contribution in [0, 0.1) is 0 Å². The van der Waals surface area contributed by atoms with E-state index in [1.165, 1.54) is 0 Å². The van der Waals surface area contributed by atoms with E-state index in [0.29, 0.717) is 25.9 Å². The number of hydrogen-bond donors (Lipinski definition) is 1. The first-order valence-corrected chi connectivity index (χ1v) is 9.77. The van der Waals surface area contributed by atoms with Crippen LogP contribution < -0.4 is 4.72 Å². The fourth-order valence-electron chi connectivity index (χ4n) is 2.50. The van der Waals surface area contributed by atoms with Crippen molar-refractivity contribution in [1.82, 2.24) is 9.62 Å². The largest absolute Gasteiger partial charge is 0.341 e. The summed E-state index contributed by atoms with van der Waals surface area (Å²) in [5, 5.41) is 0. The summed E-state index contributed by atoms with van der Waals surface area (Å²) in [6.45, 7) is 2.68. The summed E-state index contributed by atoms with van der Waals surface area (Å²) >= 11 is 0. The van der Waals surface area contributed by atoms with E-state index >= 15 is 0 Å². The van der Waals surface area contributed by atoms with Gasteiger partial charge in [0.05, 0.1) is 4.90 Å². The molecular weight excluding hydrogens is 336 g/mol. The second-order valence-electron chi connectivity index (χ2n) is 5.88. The molecule has 0 saturated carbocycles. The summed E-state index contributed by atoms with van der Waals surface area (Å²) in [5.41, 5.74) is 2.04. The Bertz CT molecular complexity index is 787. The lowest BCUT2D eigenvalue weighted by Gasteiger charge is -2.17. The lowest BCUT2D eigenvalue weighted by Crippen LogP contribution is -2.26. The summed E-state index contributed by atoms with van der Waals surface area (Å²) in [5.74, 6) is 0.0631. The number of hydrogen-bond acceptors (Lipinski definition) is 3. The third kappa shape index (κ3) is 5.69. The van der Waals surface area contributed by atoms with Crippen molar-refractivity contribution in [1.29, 1.82) is 0 Å². The summed E-state index contributed by atoms with van der Waals surface area (Å²) < 4.78 is 26.3. The molecule has 0 radical (unpaired) electrons. The van der Waals surface area contributed by atoms with Crippen LogP contribution in [0.1, 0.15) is 24.5 Å². The van der Waals surface area contributed by atoms with E-state index < -0.39 is 10.0 Å². The first-order valence-electron chi connectivity index (χ1n) is 8.29. The van der Waals surface area contributed by atoms with Crippen molar-refractivity contribution in [2.45, 2.75) is 31.2 Å². The van der Waals surface area contributed by atoms with Gasteiger partial charge in [-0.25, -0.2) is 13.1 Å². The lowest BCUT2D eigenvalue weighted by molar-refractivity contribution is -0.130. The number of nitrogens with zero attached hydrogens (tertiary/aromatic N) is 1. The van der Waals surface area contributed by atoms with Crippen molar-refractivity contribution in [2.75, 3.05) is 13.6 Å². The highest BCUT2D eigenvalue weighted by molar-refractivity contribution is 7.89. The van der Waals surface area contributed by atoms with Crippen LogP contribution in [0.3, 0.4) is 0 Å². The molecule has 2 aromatic rings. The molecule has 0 aliphatic carbocycles. The Labute approximate surface area is 149 Å². The van der Waals surface area contributed by atoms with Crippen LogP contribution in [-0.2, 0) is 27.8 Å². The molecule has 0 saturated heterocycles. The van der Waals surface area contributed by atoms with Gasteiger partial charge >= 0.3 is 0 Å². The molecule has 0 spiro atoms. The molecule has 0 aliphatic heterocycles. The summed E-state index contributed by atoms with van der Waals surface area (Å²) in [4.78, 5) is 14.2. The van der Waals surface area contributed by atoms with Gasteiger partial charge in [-0.2, -0.15) is 0 Å². The summed E-state index contributed by atoms with van der Waals surface area (Å²) in [6.07, 6.45) is 0.974. The Morgan fingerprint density at radius 3 is 2.24 bits per heavy atom. The monoisotopic (exact) mass is 360 g/mol. The smallest absolute Gasteiger partial charge is 0.240 e. The van der Waals surface area contributed by atoms with Crippen LogP contribution in [0.5, 0.6) is 0 Å². The minimum atomic E-state index is -3.43. The fourth-order valence-corrected chi connectivity index (χ4v) is 3.54. The average Bonchev–Trinajstić information content (AvgIpc) is 2.61. The van der Waals surface area contributed by atoms with Crippen LogP contribution in [0.25, 0.3) is 0 Å². The summed E-state index contributed by atoms with van der Waals surface area (Å²) in [6, 6.07) is 16.5. The van der Waals surface area contributed by atoms with Crippen LogP contribution in [0.2, 0.25) is 0 Å². The number of rotatable bonds is 8. The second-order valence-corrected chi connectivity index (χ2v) is 7.65. The van der Waals surface area contributed by atoms with Gasteiger partial charge in [-0.05, 0) is 29.7 Å². The molecule has 5 nitrogen and oxygen atoms in total. The highest BCUT2D eigenvalue weighted by atomic mass is 32.2. The Hall–Kier alpha value is -2.18. The Kier molecular flexibility index (Phi) is 6.73. The molecule has 0 atom stereocenters. The third-order valence-electron chi connectivity index (χ3n) is 3.88. The van der Waals surface area contributed by atoms with Crippen LogP contribution in [0.4, 0.5) is 0 Å². The van der Waals surface area contributed by atoms with E-state index in [1.807, 2.05) is 30.3 Å². The number of aryl methyl sites for hydroxylation is 1. The Balaban J connectivity index is 1.89. The summed E-state index contributed by atoms with van der Waals surface area (Å²) in [7, 11) is -1.64. The van der Waals surface area contributed by atoms with Crippen molar-refractivity contribution >= 4 is 15.9 Å². The molecule has 0 bridgehead atoms. The van der Waals surface area contributed by atoms with Crippen molar-refractivity contribution in [3.8, 4) is 0 Å². The predicted octanol–water partition coefficient (Wildman–Crippen LogP) is 2.58. The third-order valence-corrected chi connectivity index (χ3v) is 5.45. The van der Waals surface area contributed by atoms with Crippen LogP contribution in [0.15, 0.2) is 59.5 Å². The van der Waals surface area contributed by atoms with Crippen molar-refractivity contribution < 1.29 is 13.2 Å². The van der Waals surface area contributed by atoms with Crippen molar-refractivity contribution in [2.24, 2.45) is 0 Å². The zero-order chi connectivity index (χ0) is 18.3. The van der Waals surface area contributed by atoms with Crippen molar-refractivity contribution in [3.05, 3.63) is 65.7 Å². The Morgan fingerprint density at radius 1 is 1.00 bits per heavy atom. The average molecular weight is 360 g/mol. The zero-order valence-electron chi connectivity index (χ0n) is 14.6. The van der Waals surface area contributed by atoms with Gasteiger partial charge in [0.1, 0.15) is 0 Å². The van der Waals surface area contributed by atoms with E-state index in [4.69, 9.17) is 0 Å². The lowest BCUT2D eigenvalue weighted by atomic mass is 10.1. The first kappa shape index (κ1) is 19.1. The van der Waals surface area contributed by atoms with Crippen LogP contribution in [-0.4, -0.2) is 32.8 Å². The van der Waals surface area contributed by atoms with Gasteiger partial charge in [-0.3, -0.25) is 4.79 Å². The van der Waals surface area contributed by atoms with Crippen molar-refractivity contribution in [3.63, 3.8) is 0 Å². The van der Waals surface area contributed by atoms with Gasteiger partial charge in [0.2, 0.25) is 15.9 Å². The van der Waals surface area contributed by atoms with E-state index in [0.717, 1.165) is 11.1 Å². The van der Waals surface area contributed by atoms with Gasteiger partial charge < -0.3 is 4.90 Å². The molecule has 0 aliphatic rings. The minimum Gasteiger partial charge on any atom is -0.341 e. The fraction of sp³-hybridized carbons (Fsp3) is 0.316. The highest BCUT2D eigenvalue weighted by Gasteiger charge is 2.13. The number of amides is 1. The van der Waals surface area contributed by atoms with Gasteiger partial charge in [0, 0.05) is 26.6 Å². The molecule has 0 fully saturated rings. The number of benzene rings is 2. The normalized spacial score (nSPS) is 11.3.